The van der Waals surface area contributed by atoms with E-state index < -0.39 is 11.4 Å². The van der Waals surface area contributed by atoms with Gasteiger partial charge < -0.3 is 15.0 Å². The van der Waals surface area contributed by atoms with E-state index in [1.165, 1.54) is 11.3 Å². The van der Waals surface area contributed by atoms with Crippen LogP contribution < -0.4 is 5.32 Å². The molecule has 11 heteroatoms. The molecule has 0 saturated carbocycles. The number of ether oxygens (including phenoxy) is 1. The summed E-state index contributed by atoms with van der Waals surface area (Å²) in [4.78, 5) is 33.5. The number of thiazole rings is 1. The zero-order chi connectivity index (χ0) is 26.0. The van der Waals surface area contributed by atoms with Crippen LogP contribution in [0.3, 0.4) is 0 Å². The standard InChI is InChI=1S/C26H28FN7O2S/c1-26(2,3)36-25(35)34-10-8-33(9-11-34)15-17-4-7-22(28-13-17)31-24-29-14-19(27)23(32-24)18-5-6-21-20(12-18)30-16-37-21/h4-7,12-14,16H,8-11,15H2,1-3H3,(H,28,29,31,32). The van der Waals surface area contributed by atoms with E-state index in [0.29, 0.717) is 24.5 Å². The molecule has 0 spiro atoms. The first kappa shape index (κ1) is 25.0. The molecule has 0 unspecified atom stereocenters. The summed E-state index contributed by atoms with van der Waals surface area (Å²) < 4.78 is 21.0. The predicted molar refractivity (Wildman–Crippen MR) is 141 cm³/mol. The van der Waals surface area contributed by atoms with Gasteiger partial charge >= 0.3 is 6.09 Å². The van der Waals surface area contributed by atoms with Gasteiger partial charge in [-0.3, -0.25) is 4.90 Å². The lowest BCUT2D eigenvalue weighted by atomic mass is 10.1. The van der Waals surface area contributed by atoms with Gasteiger partial charge in [-0.25, -0.2) is 29.1 Å². The van der Waals surface area contributed by atoms with Crippen LogP contribution in [0, 0.1) is 5.82 Å². The lowest BCUT2D eigenvalue weighted by Gasteiger charge is -2.35. The van der Waals surface area contributed by atoms with Gasteiger partial charge in [0.2, 0.25) is 5.95 Å². The molecule has 1 aliphatic heterocycles. The number of hydrogen-bond donors (Lipinski definition) is 1. The number of hydrogen-bond acceptors (Lipinski definition) is 9. The molecule has 1 saturated heterocycles. The average molecular weight is 522 g/mol. The minimum absolute atomic E-state index is 0.203. The number of nitrogens with one attached hydrogen (secondary N) is 1. The lowest BCUT2D eigenvalue weighted by molar-refractivity contribution is 0.0139. The zero-order valence-corrected chi connectivity index (χ0v) is 21.8. The Kier molecular flexibility index (Phi) is 6.98. The maximum Gasteiger partial charge on any atom is 0.410 e. The van der Waals surface area contributed by atoms with Gasteiger partial charge in [0.15, 0.2) is 5.82 Å². The molecule has 9 nitrogen and oxygen atoms in total. The van der Waals surface area contributed by atoms with E-state index in [1.807, 2.05) is 51.1 Å². The number of benzene rings is 1. The highest BCUT2D eigenvalue weighted by Crippen LogP contribution is 2.27. The Morgan fingerprint density at radius 3 is 2.62 bits per heavy atom. The summed E-state index contributed by atoms with van der Waals surface area (Å²) in [5, 5.41) is 3.06. The highest BCUT2D eigenvalue weighted by Gasteiger charge is 2.25. The molecule has 1 fully saturated rings. The van der Waals surface area contributed by atoms with Crippen molar-refractivity contribution in [3.63, 3.8) is 0 Å². The highest BCUT2D eigenvalue weighted by molar-refractivity contribution is 7.16. The van der Waals surface area contributed by atoms with E-state index in [2.05, 4.69) is 30.2 Å². The van der Waals surface area contributed by atoms with E-state index in [9.17, 15) is 9.18 Å². The Hall–Kier alpha value is -3.70. The molecular formula is C26H28FN7O2S. The van der Waals surface area contributed by atoms with Crippen LogP contribution in [0.1, 0.15) is 26.3 Å². The summed E-state index contributed by atoms with van der Waals surface area (Å²) in [5.41, 5.74) is 3.96. The number of fused-ring (bicyclic) bond motifs is 1. The molecule has 0 atom stereocenters. The summed E-state index contributed by atoms with van der Waals surface area (Å²) in [6.45, 7) is 9.12. The summed E-state index contributed by atoms with van der Waals surface area (Å²) in [5.74, 6) is 0.314. The maximum atomic E-state index is 14.5. The van der Waals surface area contributed by atoms with Crippen LogP contribution in [0.4, 0.5) is 21.0 Å². The maximum absolute atomic E-state index is 14.5. The number of pyridine rings is 1. The van der Waals surface area contributed by atoms with Crippen LogP contribution >= 0.6 is 11.3 Å². The minimum Gasteiger partial charge on any atom is -0.444 e. The molecule has 4 aromatic rings. The molecular weight excluding hydrogens is 493 g/mol. The van der Waals surface area contributed by atoms with Crippen LogP contribution in [-0.4, -0.2) is 67.6 Å². The van der Waals surface area contributed by atoms with Crippen molar-refractivity contribution in [3.8, 4) is 11.3 Å². The first-order chi connectivity index (χ1) is 17.7. The monoisotopic (exact) mass is 521 g/mol. The van der Waals surface area contributed by atoms with E-state index in [1.54, 1.807) is 16.6 Å². The number of halogens is 1. The van der Waals surface area contributed by atoms with Crippen molar-refractivity contribution in [2.45, 2.75) is 32.9 Å². The summed E-state index contributed by atoms with van der Waals surface area (Å²) in [7, 11) is 0. The van der Waals surface area contributed by atoms with Gasteiger partial charge in [0.05, 0.1) is 21.9 Å². The molecule has 1 aliphatic rings. The van der Waals surface area contributed by atoms with Gasteiger partial charge in [-0.15, -0.1) is 11.3 Å². The van der Waals surface area contributed by atoms with E-state index >= 15 is 0 Å². The Bertz CT molecular complexity index is 1400. The molecule has 3 aromatic heterocycles. The van der Waals surface area contributed by atoms with Gasteiger partial charge in [0.1, 0.15) is 17.1 Å². The van der Waals surface area contributed by atoms with Gasteiger partial charge in [-0.2, -0.15) is 0 Å². The van der Waals surface area contributed by atoms with Crippen LogP contribution in [0.5, 0.6) is 0 Å². The number of anilines is 2. The minimum atomic E-state index is -0.504. The smallest absolute Gasteiger partial charge is 0.410 e. The average Bonchev–Trinajstić information content (AvgIpc) is 3.34. The van der Waals surface area contributed by atoms with Gasteiger partial charge in [0.25, 0.3) is 0 Å². The Labute approximate surface area is 218 Å². The lowest BCUT2D eigenvalue weighted by Crippen LogP contribution is -2.49. The SMILES string of the molecule is CC(C)(C)OC(=O)N1CCN(Cc2ccc(Nc3ncc(F)c(-c4ccc5scnc5c4)n3)nc2)CC1. The third-order valence-electron chi connectivity index (χ3n) is 5.84. The zero-order valence-electron chi connectivity index (χ0n) is 20.9. The van der Waals surface area contributed by atoms with Crippen LogP contribution in [-0.2, 0) is 11.3 Å². The van der Waals surface area contributed by atoms with Gasteiger partial charge in [0, 0.05) is 44.5 Å². The van der Waals surface area contributed by atoms with Crippen LogP contribution in [0.15, 0.2) is 48.2 Å². The third-order valence-corrected chi connectivity index (χ3v) is 6.65. The number of aromatic nitrogens is 4. The van der Waals surface area contributed by atoms with E-state index in [-0.39, 0.29) is 17.7 Å². The number of carbonyl (C=O) groups is 1. The molecule has 0 radical (unpaired) electrons. The predicted octanol–water partition coefficient (Wildman–Crippen LogP) is 5.08. The molecule has 5 rings (SSSR count). The van der Waals surface area contributed by atoms with Crippen LogP contribution in [0.25, 0.3) is 21.5 Å². The highest BCUT2D eigenvalue weighted by atomic mass is 32.1. The van der Waals surface area contributed by atoms with E-state index in [4.69, 9.17) is 4.74 Å². The molecule has 1 amide bonds. The van der Waals surface area contributed by atoms with Gasteiger partial charge in [-0.05, 0) is 44.5 Å². The normalized spacial score (nSPS) is 14.6. The second-order valence-corrected chi connectivity index (χ2v) is 10.7. The Morgan fingerprint density at radius 2 is 1.89 bits per heavy atom. The molecule has 192 valence electrons. The number of piperazine rings is 1. The fourth-order valence-corrected chi connectivity index (χ4v) is 4.67. The van der Waals surface area contributed by atoms with Crippen molar-refractivity contribution in [1.82, 2.24) is 29.7 Å². The van der Waals surface area contributed by atoms with Crippen LogP contribution in [0.2, 0.25) is 0 Å². The quantitative estimate of drug-likeness (QED) is 0.388. The largest absolute Gasteiger partial charge is 0.444 e. The molecule has 1 aromatic carbocycles. The van der Waals surface area contributed by atoms with Crippen molar-refractivity contribution >= 4 is 39.4 Å². The molecule has 0 bridgehead atoms. The van der Waals surface area contributed by atoms with Gasteiger partial charge in [-0.1, -0.05) is 12.1 Å². The van der Waals surface area contributed by atoms with Crippen molar-refractivity contribution in [2.75, 3.05) is 31.5 Å². The summed E-state index contributed by atoms with van der Waals surface area (Å²) in [6, 6.07) is 9.39. The Morgan fingerprint density at radius 1 is 1.08 bits per heavy atom. The van der Waals surface area contributed by atoms with Crippen molar-refractivity contribution in [3.05, 3.63) is 59.6 Å². The second-order valence-electron chi connectivity index (χ2n) is 9.85. The van der Waals surface area contributed by atoms with Crippen molar-refractivity contribution in [1.29, 1.82) is 0 Å². The molecule has 4 heterocycles. The first-order valence-electron chi connectivity index (χ1n) is 12.0. The number of rotatable bonds is 5. The second kappa shape index (κ2) is 10.3. The number of carbonyl (C=O) groups excluding carboxylic acids is 1. The first-order valence-corrected chi connectivity index (χ1v) is 12.9. The fourth-order valence-electron chi connectivity index (χ4n) is 4.01. The number of amides is 1. The van der Waals surface area contributed by atoms with Crippen molar-refractivity contribution in [2.24, 2.45) is 0 Å². The topological polar surface area (TPSA) is 96.4 Å². The number of nitrogens with zero attached hydrogens (tertiary/aromatic N) is 6. The molecule has 0 aliphatic carbocycles. The fraction of sp³-hybridized carbons (Fsp3) is 0.346. The molecule has 37 heavy (non-hydrogen) atoms. The van der Waals surface area contributed by atoms with Crippen molar-refractivity contribution < 1.29 is 13.9 Å². The third kappa shape index (κ3) is 6.17. The van der Waals surface area contributed by atoms with E-state index in [0.717, 1.165) is 41.6 Å². The summed E-state index contributed by atoms with van der Waals surface area (Å²) >= 11 is 1.53. The Balaban J connectivity index is 1.19. The molecule has 1 N–H and O–H groups in total. The summed E-state index contributed by atoms with van der Waals surface area (Å²) in [6.07, 6.45) is 2.68.